The maximum atomic E-state index is 14.0. The molecule has 0 radical (unpaired) electrons. The molecule has 0 spiro atoms. The maximum absolute atomic E-state index is 14.0. The highest BCUT2D eigenvalue weighted by atomic mass is 19.1. The van der Waals surface area contributed by atoms with Gasteiger partial charge in [-0.05, 0) is 24.0 Å². The first-order valence-corrected chi connectivity index (χ1v) is 5.34. The van der Waals surface area contributed by atoms with Crippen LogP contribution in [0.4, 0.5) is 4.39 Å². The largest absolute Gasteiger partial charge is 0.462 e. The number of carbonyl (C=O) groups is 1. The number of halogens is 1. The lowest BCUT2D eigenvalue weighted by atomic mass is 9.85. The zero-order valence-corrected chi connectivity index (χ0v) is 10.1. The van der Waals surface area contributed by atoms with Crippen molar-refractivity contribution in [2.75, 3.05) is 6.61 Å². The molecular formula is C13H17FO2. The summed E-state index contributed by atoms with van der Waals surface area (Å²) in [6.45, 7) is 7.66. The molecule has 88 valence electrons. The van der Waals surface area contributed by atoms with Crippen molar-refractivity contribution in [3.05, 3.63) is 35.1 Å². The van der Waals surface area contributed by atoms with Crippen LogP contribution in [-0.2, 0) is 10.2 Å². The second kappa shape index (κ2) is 4.64. The first-order chi connectivity index (χ1) is 7.38. The molecule has 2 nitrogen and oxygen atoms in total. The van der Waals surface area contributed by atoms with Crippen LogP contribution < -0.4 is 0 Å². The van der Waals surface area contributed by atoms with E-state index in [-0.39, 0.29) is 17.6 Å². The van der Waals surface area contributed by atoms with Crippen molar-refractivity contribution in [3.63, 3.8) is 0 Å². The second-order valence-electron chi connectivity index (χ2n) is 4.64. The van der Waals surface area contributed by atoms with E-state index < -0.39 is 11.8 Å². The highest BCUT2D eigenvalue weighted by molar-refractivity contribution is 5.90. The van der Waals surface area contributed by atoms with E-state index in [9.17, 15) is 9.18 Å². The molecule has 0 unspecified atom stereocenters. The molecule has 0 saturated heterocycles. The second-order valence-corrected chi connectivity index (χ2v) is 4.64. The molecule has 0 fully saturated rings. The van der Waals surface area contributed by atoms with Gasteiger partial charge in [0.05, 0.1) is 12.2 Å². The number of ether oxygens (including phenoxy) is 1. The van der Waals surface area contributed by atoms with E-state index in [1.807, 2.05) is 20.8 Å². The number of esters is 1. The fraction of sp³-hybridized carbons (Fsp3) is 0.462. The summed E-state index contributed by atoms with van der Waals surface area (Å²) in [4.78, 5) is 11.5. The van der Waals surface area contributed by atoms with Crippen molar-refractivity contribution >= 4 is 5.97 Å². The Morgan fingerprint density at radius 3 is 2.50 bits per heavy atom. The first kappa shape index (κ1) is 12.7. The molecule has 0 N–H and O–H groups in total. The van der Waals surface area contributed by atoms with Crippen LogP contribution in [0.2, 0.25) is 0 Å². The van der Waals surface area contributed by atoms with Gasteiger partial charge in [-0.2, -0.15) is 0 Å². The normalized spacial score (nSPS) is 11.3. The average molecular weight is 224 g/mol. The zero-order chi connectivity index (χ0) is 12.3. The van der Waals surface area contributed by atoms with Crippen molar-refractivity contribution in [2.45, 2.75) is 33.1 Å². The average Bonchev–Trinajstić information content (AvgIpc) is 2.16. The Labute approximate surface area is 95.4 Å². The van der Waals surface area contributed by atoms with Crippen molar-refractivity contribution < 1.29 is 13.9 Å². The molecule has 0 aliphatic carbocycles. The zero-order valence-electron chi connectivity index (χ0n) is 10.1. The third kappa shape index (κ3) is 2.60. The standard InChI is InChI=1S/C13H17FO2/c1-5-16-12(15)9-7-6-8-10(11(9)14)13(2,3)4/h6-8H,5H2,1-4H3. The molecule has 0 amide bonds. The van der Waals surface area contributed by atoms with Gasteiger partial charge in [0.15, 0.2) is 0 Å². The van der Waals surface area contributed by atoms with E-state index in [0.717, 1.165) is 0 Å². The number of hydrogen-bond acceptors (Lipinski definition) is 2. The Kier molecular flexibility index (Phi) is 3.68. The highest BCUT2D eigenvalue weighted by Crippen LogP contribution is 2.26. The molecule has 0 aliphatic rings. The van der Waals surface area contributed by atoms with E-state index in [2.05, 4.69) is 0 Å². The van der Waals surface area contributed by atoms with Crippen LogP contribution in [0.5, 0.6) is 0 Å². The van der Waals surface area contributed by atoms with Crippen LogP contribution >= 0.6 is 0 Å². The molecule has 0 saturated carbocycles. The number of benzene rings is 1. The van der Waals surface area contributed by atoms with Crippen LogP contribution in [0.25, 0.3) is 0 Å². The van der Waals surface area contributed by atoms with Gasteiger partial charge in [-0.25, -0.2) is 9.18 Å². The Hall–Kier alpha value is -1.38. The predicted molar refractivity (Wildman–Crippen MR) is 61.1 cm³/mol. The summed E-state index contributed by atoms with van der Waals surface area (Å²) in [6, 6.07) is 4.82. The Bertz CT molecular complexity index is 391. The van der Waals surface area contributed by atoms with E-state index in [0.29, 0.717) is 5.56 Å². The minimum Gasteiger partial charge on any atom is -0.462 e. The van der Waals surface area contributed by atoms with Crippen LogP contribution in [-0.4, -0.2) is 12.6 Å². The molecule has 3 heteroatoms. The monoisotopic (exact) mass is 224 g/mol. The van der Waals surface area contributed by atoms with Gasteiger partial charge < -0.3 is 4.74 Å². The molecule has 0 aromatic heterocycles. The van der Waals surface area contributed by atoms with Crippen LogP contribution in [0, 0.1) is 5.82 Å². The quantitative estimate of drug-likeness (QED) is 0.720. The van der Waals surface area contributed by atoms with E-state index in [1.165, 1.54) is 6.07 Å². The summed E-state index contributed by atoms with van der Waals surface area (Å²) in [5.74, 6) is -1.08. The summed E-state index contributed by atoms with van der Waals surface area (Å²) in [6.07, 6.45) is 0. The minimum absolute atomic E-state index is 0.00859. The van der Waals surface area contributed by atoms with Gasteiger partial charge in [-0.1, -0.05) is 32.9 Å². The fourth-order valence-corrected chi connectivity index (χ4v) is 1.48. The van der Waals surface area contributed by atoms with Crippen LogP contribution in [0.1, 0.15) is 43.6 Å². The Morgan fingerprint density at radius 2 is 2.00 bits per heavy atom. The molecule has 0 atom stereocenters. The maximum Gasteiger partial charge on any atom is 0.341 e. The summed E-state index contributed by atoms with van der Waals surface area (Å²) in [5, 5.41) is 0. The third-order valence-electron chi connectivity index (χ3n) is 2.30. The van der Waals surface area contributed by atoms with Crippen molar-refractivity contribution in [1.82, 2.24) is 0 Å². The van der Waals surface area contributed by atoms with Crippen molar-refractivity contribution in [3.8, 4) is 0 Å². The predicted octanol–water partition coefficient (Wildman–Crippen LogP) is 3.30. The Morgan fingerprint density at radius 1 is 1.38 bits per heavy atom. The molecule has 1 aromatic rings. The molecule has 0 bridgehead atoms. The number of hydrogen-bond donors (Lipinski definition) is 0. The summed E-state index contributed by atoms with van der Waals surface area (Å²) >= 11 is 0. The molecular weight excluding hydrogens is 207 g/mol. The number of carbonyl (C=O) groups excluding carboxylic acids is 1. The fourth-order valence-electron chi connectivity index (χ4n) is 1.48. The van der Waals surface area contributed by atoms with Gasteiger partial charge in [0.1, 0.15) is 5.82 Å². The van der Waals surface area contributed by atoms with Crippen LogP contribution in [0.3, 0.4) is 0 Å². The number of rotatable bonds is 2. The van der Waals surface area contributed by atoms with Gasteiger partial charge in [-0.15, -0.1) is 0 Å². The lowest BCUT2D eigenvalue weighted by molar-refractivity contribution is 0.0520. The van der Waals surface area contributed by atoms with E-state index in [1.54, 1.807) is 19.1 Å². The van der Waals surface area contributed by atoms with Gasteiger partial charge in [0, 0.05) is 0 Å². The molecule has 16 heavy (non-hydrogen) atoms. The van der Waals surface area contributed by atoms with E-state index in [4.69, 9.17) is 4.74 Å². The SMILES string of the molecule is CCOC(=O)c1cccc(C(C)(C)C)c1F. The van der Waals surface area contributed by atoms with Gasteiger partial charge >= 0.3 is 5.97 Å². The van der Waals surface area contributed by atoms with Crippen molar-refractivity contribution in [1.29, 1.82) is 0 Å². The molecule has 0 aliphatic heterocycles. The smallest absolute Gasteiger partial charge is 0.341 e. The molecule has 0 heterocycles. The highest BCUT2D eigenvalue weighted by Gasteiger charge is 2.23. The van der Waals surface area contributed by atoms with Crippen molar-refractivity contribution in [2.24, 2.45) is 0 Å². The van der Waals surface area contributed by atoms with Crippen LogP contribution in [0.15, 0.2) is 18.2 Å². The third-order valence-corrected chi connectivity index (χ3v) is 2.30. The summed E-state index contributed by atoms with van der Waals surface area (Å²) < 4.78 is 18.8. The summed E-state index contributed by atoms with van der Waals surface area (Å²) in [5.41, 5.74) is 0.208. The Balaban J connectivity index is 3.19. The first-order valence-electron chi connectivity index (χ1n) is 5.34. The van der Waals surface area contributed by atoms with Gasteiger partial charge in [0.25, 0.3) is 0 Å². The molecule has 1 aromatic carbocycles. The lowest BCUT2D eigenvalue weighted by Gasteiger charge is -2.20. The lowest BCUT2D eigenvalue weighted by Crippen LogP contribution is -2.17. The topological polar surface area (TPSA) is 26.3 Å². The van der Waals surface area contributed by atoms with E-state index >= 15 is 0 Å². The summed E-state index contributed by atoms with van der Waals surface area (Å²) in [7, 11) is 0. The molecule has 1 rings (SSSR count). The van der Waals surface area contributed by atoms with Gasteiger partial charge in [-0.3, -0.25) is 0 Å². The minimum atomic E-state index is -0.605. The van der Waals surface area contributed by atoms with Gasteiger partial charge in [0.2, 0.25) is 0 Å².